The van der Waals surface area contributed by atoms with Crippen LogP contribution in [0.5, 0.6) is 0 Å². The molecule has 1 N–H and O–H groups in total. The molecule has 0 saturated heterocycles. The fourth-order valence-electron chi connectivity index (χ4n) is 0.260. The van der Waals surface area contributed by atoms with Crippen LogP contribution in [0, 0.1) is 6.92 Å². The Kier molecular flexibility index (Phi) is 0.714. The monoisotopic (exact) mass is 99.0 g/mol. The van der Waals surface area contributed by atoms with Crippen molar-refractivity contribution in [1.82, 2.24) is 10.1 Å². The number of aromatic amines is 1. The standard InChI is InChI=1S/C3H3N2O2/c1-2-4-3(6)7-5-2/h1H2,(H,4,5,6). The van der Waals surface area contributed by atoms with Crippen LogP contribution in [-0.2, 0) is 0 Å². The summed E-state index contributed by atoms with van der Waals surface area (Å²) >= 11 is 0. The Hall–Kier alpha value is -1.06. The Balaban J connectivity index is 3.30. The van der Waals surface area contributed by atoms with Crippen LogP contribution in [0.2, 0.25) is 0 Å². The highest BCUT2D eigenvalue weighted by Crippen LogP contribution is 1.72. The molecule has 0 atom stereocenters. The van der Waals surface area contributed by atoms with E-state index >= 15 is 0 Å². The van der Waals surface area contributed by atoms with E-state index in [1.807, 2.05) is 0 Å². The Morgan fingerprint density at radius 1 is 1.86 bits per heavy atom. The van der Waals surface area contributed by atoms with Crippen LogP contribution in [0.4, 0.5) is 0 Å². The van der Waals surface area contributed by atoms with Gasteiger partial charge in [-0.15, -0.1) is 0 Å². The molecule has 0 aliphatic rings. The lowest BCUT2D eigenvalue weighted by Crippen LogP contribution is -1.93. The van der Waals surface area contributed by atoms with Gasteiger partial charge in [0.05, 0.1) is 0 Å². The van der Waals surface area contributed by atoms with Gasteiger partial charge in [-0.1, -0.05) is 5.16 Å². The Bertz CT molecular complexity index is 199. The molecule has 1 aromatic heterocycles. The molecule has 0 spiro atoms. The molecule has 37 valence electrons. The largest absolute Gasteiger partial charge is 0.438 e. The second-order valence-corrected chi connectivity index (χ2v) is 1.04. The third-order valence-electron chi connectivity index (χ3n) is 0.485. The van der Waals surface area contributed by atoms with Gasteiger partial charge in [0.2, 0.25) is 0 Å². The third-order valence-corrected chi connectivity index (χ3v) is 0.485. The predicted octanol–water partition coefficient (Wildman–Crippen LogP) is -0.455. The molecule has 1 rings (SSSR count). The summed E-state index contributed by atoms with van der Waals surface area (Å²) in [5.74, 6) is -0.310. The number of nitrogens with one attached hydrogen (secondary N) is 1. The molecule has 0 aliphatic heterocycles. The lowest BCUT2D eigenvalue weighted by molar-refractivity contribution is 0.384. The second kappa shape index (κ2) is 1.22. The molecule has 0 amide bonds. The Labute approximate surface area is 39.1 Å². The summed E-state index contributed by atoms with van der Waals surface area (Å²) in [6.07, 6.45) is 0. The van der Waals surface area contributed by atoms with Gasteiger partial charge in [0, 0.05) is 6.92 Å². The zero-order valence-electron chi connectivity index (χ0n) is 3.47. The number of rotatable bonds is 0. The maximum atomic E-state index is 9.97. The van der Waals surface area contributed by atoms with Crippen molar-refractivity contribution >= 4 is 0 Å². The van der Waals surface area contributed by atoms with Crippen LogP contribution in [0.15, 0.2) is 9.32 Å². The first-order chi connectivity index (χ1) is 3.29. The molecule has 4 nitrogen and oxygen atoms in total. The highest BCUT2D eigenvalue weighted by molar-refractivity contribution is 4.80. The maximum Gasteiger partial charge on any atom is 0.438 e. The van der Waals surface area contributed by atoms with E-state index < -0.39 is 5.76 Å². The Morgan fingerprint density at radius 2 is 2.57 bits per heavy atom. The van der Waals surface area contributed by atoms with Crippen LogP contribution in [0.25, 0.3) is 0 Å². The Morgan fingerprint density at radius 3 is 2.71 bits per heavy atom. The van der Waals surface area contributed by atoms with Crippen molar-refractivity contribution in [2.24, 2.45) is 0 Å². The number of nitrogens with zero attached hydrogens (tertiary/aromatic N) is 1. The average Bonchev–Trinajstić information content (AvgIpc) is 1.87. The van der Waals surface area contributed by atoms with Gasteiger partial charge in [-0.25, -0.2) is 4.79 Å². The molecule has 0 aromatic carbocycles. The van der Waals surface area contributed by atoms with Crippen LogP contribution in [0.3, 0.4) is 0 Å². The fraction of sp³-hybridized carbons (Fsp3) is 0. The van der Waals surface area contributed by atoms with E-state index in [0.29, 0.717) is 0 Å². The summed E-state index contributed by atoms with van der Waals surface area (Å²) < 4.78 is 4.04. The molecule has 0 fully saturated rings. The molecule has 7 heavy (non-hydrogen) atoms. The van der Waals surface area contributed by atoms with E-state index in [1.54, 1.807) is 0 Å². The van der Waals surface area contributed by atoms with E-state index in [9.17, 15) is 4.79 Å². The van der Waals surface area contributed by atoms with E-state index in [2.05, 4.69) is 21.6 Å². The number of hydrogen-bond donors (Lipinski definition) is 1. The van der Waals surface area contributed by atoms with Gasteiger partial charge >= 0.3 is 5.76 Å². The average molecular weight is 99.1 g/mol. The molecular formula is C3H3N2O2. The van der Waals surface area contributed by atoms with Crippen molar-refractivity contribution in [3.8, 4) is 0 Å². The summed E-state index contributed by atoms with van der Waals surface area (Å²) in [5.41, 5.74) is 0. The first kappa shape index (κ1) is 4.11. The van der Waals surface area contributed by atoms with Gasteiger partial charge in [-0.2, -0.15) is 0 Å². The first-order valence-electron chi connectivity index (χ1n) is 1.67. The van der Waals surface area contributed by atoms with Gasteiger partial charge in [-0.05, 0) is 0 Å². The number of hydrogen-bond acceptors (Lipinski definition) is 3. The summed E-state index contributed by atoms with van der Waals surface area (Å²) in [7, 11) is 0. The minimum Gasteiger partial charge on any atom is -0.296 e. The van der Waals surface area contributed by atoms with Crippen LogP contribution < -0.4 is 5.76 Å². The van der Waals surface area contributed by atoms with Crippen LogP contribution in [-0.4, -0.2) is 10.1 Å². The van der Waals surface area contributed by atoms with E-state index in [1.165, 1.54) is 0 Å². The summed E-state index contributed by atoms with van der Waals surface area (Å²) in [6, 6.07) is 0. The molecule has 0 saturated carbocycles. The third kappa shape index (κ3) is 0.677. The van der Waals surface area contributed by atoms with Gasteiger partial charge in [0.1, 0.15) is 0 Å². The summed E-state index contributed by atoms with van der Waals surface area (Å²) in [5, 5.41) is 3.16. The highest BCUT2D eigenvalue weighted by atomic mass is 16.5. The second-order valence-electron chi connectivity index (χ2n) is 1.04. The fourth-order valence-corrected chi connectivity index (χ4v) is 0.260. The molecule has 0 aliphatic carbocycles. The molecule has 1 aromatic rings. The van der Waals surface area contributed by atoms with E-state index in [-0.39, 0.29) is 5.82 Å². The molecule has 1 heterocycles. The van der Waals surface area contributed by atoms with Crippen molar-refractivity contribution in [2.75, 3.05) is 0 Å². The first-order valence-corrected chi connectivity index (χ1v) is 1.67. The number of H-pyrrole nitrogens is 1. The van der Waals surface area contributed by atoms with Crippen molar-refractivity contribution in [3.63, 3.8) is 0 Å². The molecule has 4 heteroatoms. The SMILES string of the molecule is [CH2]c1noc(=O)[nH]1. The lowest BCUT2D eigenvalue weighted by atomic mass is 10.8. The number of aromatic nitrogens is 2. The van der Waals surface area contributed by atoms with Crippen molar-refractivity contribution in [1.29, 1.82) is 0 Å². The topological polar surface area (TPSA) is 58.9 Å². The maximum absolute atomic E-state index is 9.97. The van der Waals surface area contributed by atoms with Gasteiger partial charge in [0.25, 0.3) is 0 Å². The minimum atomic E-state index is -0.565. The van der Waals surface area contributed by atoms with Gasteiger partial charge < -0.3 is 0 Å². The minimum absolute atomic E-state index is 0.255. The molecule has 1 radical (unpaired) electrons. The normalized spacial score (nSPS) is 9.29. The smallest absolute Gasteiger partial charge is 0.296 e. The molecular weight excluding hydrogens is 96.0 g/mol. The van der Waals surface area contributed by atoms with E-state index in [4.69, 9.17) is 0 Å². The summed E-state index contributed by atoms with van der Waals surface area (Å²) in [6.45, 7) is 3.28. The quantitative estimate of drug-likeness (QED) is 0.479. The van der Waals surface area contributed by atoms with Crippen LogP contribution >= 0.6 is 0 Å². The van der Waals surface area contributed by atoms with Crippen molar-refractivity contribution in [3.05, 3.63) is 23.3 Å². The predicted molar refractivity (Wildman–Crippen MR) is 21.6 cm³/mol. The highest BCUT2D eigenvalue weighted by Gasteiger charge is 1.86. The van der Waals surface area contributed by atoms with Crippen molar-refractivity contribution in [2.45, 2.75) is 0 Å². The lowest BCUT2D eigenvalue weighted by Gasteiger charge is -1.62. The van der Waals surface area contributed by atoms with Crippen LogP contribution in [0.1, 0.15) is 5.82 Å². The molecule has 0 unspecified atom stereocenters. The zero-order chi connectivity index (χ0) is 5.28. The van der Waals surface area contributed by atoms with Gasteiger partial charge in [-0.3, -0.25) is 9.51 Å². The summed E-state index contributed by atoms with van der Waals surface area (Å²) in [4.78, 5) is 12.2. The van der Waals surface area contributed by atoms with E-state index in [0.717, 1.165) is 0 Å². The van der Waals surface area contributed by atoms with Gasteiger partial charge in [0.15, 0.2) is 5.82 Å². The molecule has 0 bridgehead atoms. The zero-order valence-corrected chi connectivity index (χ0v) is 3.47. The van der Waals surface area contributed by atoms with Crippen molar-refractivity contribution < 1.29 is 4.52 Å².